The van der Waals surface area contributed by atoms with E-state index in [2.05, 4.69) is 10.3 Å². The van der Waals surface area contributed by atoms with Crippen LogP contribution in [0.25, 0.3) is 0 Å². The Bertz CT molecular complexity index is 853. The van der Waals surface area contributed by atoms with Crippen LogP contribution in [-0.2, 0) is 10.3 Å². The fourth-order valence-corrected chi connectivity index (χ4v) is 5.20. The quantitative estimate of drug-likeness (QED) is 0.742. The number of carbonyl (C=O) groups is 1. The normalized spacial score (nSPS) is 36.6. The van der Waals surface area contributed by atoms with Crippen molar-refractivity contribution in [2.24, 2.45) is 28.0 Å². The second kappa shape index (κ2) is 6.17. The molecule has 6 nitrogen and oxygen atoms in total. The van der Waals surface area contributed by atoms with E-state index < -0.39 is 16.8 Å². The summed E-state index contributed by atoms with van der Waals surface area (Å²) in [5, 5.41) is 13.5. The number of rotatable bonds is 3. The predicted molar refractivity (Wildman–Crippen MR) is 106 cm³/mol. The van der Waals surface area contributed by atoms with Gasteiger partial charge in [0.2, 0.25) is 5.91 Å². The van der Waals surface area contributed by atoms with Crippen LogP contribution in [0.5, 0.6) is 0 Å². The number of halogens is 1. The van der Waals surface area contributed by atoms with Crippen molar-refractivity contribution in [2.45, 2.75) is 57.7 Å². The third-order valence-electron chi connectivity index (χ3n) is 7.40. The van der Waals surface area contributed by atoms with Gasteiger partial charge in [0.15, 0.2) is 5.96 Å². The molecule has 5 atom stereocenters. The van der Waals surface area contributed by atoms with Crippen LogP contribution in [0.2, 0.25) is 0 Å². The fraction of sp³-hybridized carbons (Fsp3) is 0.619. The molecule has 3 aliphatic rings. The number of aliphatic imine (C=N–C) groups is 1. The highest BCUT2D eigenvalue weighted by Crippen LogP contribution is 2.49. The summed E-state index contributed by atoms with van der Waals surface area (Å²) >= 11 is 0. The number of amides is 1. The zero-order chi connectivity index (χ0) is 20.4. The molecule has 152 valence electrons. The van der Waals surface area contributed by atoms with E-state index in [1.54, 1.807) is 40.0 Å². The van der Waals surface area contributed by atoms with Crippen LogP contribution in [0, 0.1) is 23.1 Å². The second-order valence-corrected chi connectivity index (χ2v) is 9.27. The molecule has 2 aliphatic carbocycles. The second-order valence-electron chi connectivity index (χ2n) is 9.27. The van der Waals surface area contributed by atoms with Crippen molar-refractivity contribution < 1.29 is 14.3 Å². The number of hydrogen-bond acceptors (Lipinski definition) is 5. The Kier molecular flexibility index (Phi) is 4.23. The number of hydrogen-bond donors (Lipinski definition) is 3. The molecule has 4 N–H and O–H groups in total. The van der Waals surface area contributed by atoms with Gasteiger partial charge in [0.05, 0.1) is 11.5 Å². The number of guanidine groups is 1. The average Bonchev–Trinajstić information content (AvgIpc) is 3.19. The number of aliphatic hydroxyl groups excluding tert-OH is 1. The Morgan fingerprint density at radius 2 is 1.96 bits per heavy atom. The van der Waals surface area contributed by atoms with Gasteiger partial charge in [-0.3, -0.25) is 9.69 Å². The molecule has 0 saturated heterocycles. The van der Waals surface area contributed by atoms with Crippen molar-refractivity contribution in [2.75, 3.05) is 12.4 Å². The highest BCUT2D eigenvalue weighted by Gasteiger charge is 2.54. The predicted octanol–water partition coefficient (Wildman–Crippen LogP) is 2.43. The molecule has 7 heteroatoms. The van der Waals surface area contributed by atoms with E-state index in [1.807, 2.05) is 0 Å². The van der Waals surface area contributed by atoms with Crippen molar-refractivity contribution in [3.05, 3.63) is 29.6 Å². The third-order valence-corrected chi connectivity index (χ3v) is 7.40. The first kappa shape index (κ1) is 19.2. The molecule has 1 aromatic carbocycles. The average molecular weight is 388 g/mol. The van der Waals surface area contributed by atoms with Crippen molar-refractivity contribution >= 4 is 17.6 Å². The lowest BCUT2D eigenvalue weighted by molar-refractivity contribution is -0.140. The lowest BCUT2D eigenvalue weighted by Crippen LogP contribution is -2.58. The Labute approximate surface area is 165 Å². The third kappa shape index (κ3) is 2.63. The summed E-state index contributed by atoms with van der Waals surface area (Å²) in [5.41, 5.74) is 5.06. The molecule has 28 heavy (non-hydrogen) atoms. The number of carbonyl (C=O) groups excluding carboxylic acids is 1. The number of nitrogens with two attached hydrogens (primary N) is 1. The van der Waals surface area contributed by atoms with Gasteiger partial charge in [0.25, 0.3) is 0 Å². The minimum atomic E-state index is -1.12. The number of nitrogens with one attached hydrogen (secondary N) is 1. The molecular weight excluding hydrogens is 359 g/mol. The van der Waals surface area contributed by atoms with Crippen LogP contribution in [0.3, 0.4) is 0 Å². The van der Waals surface area contributed by atoms with Crippen LogP contribution in [0.1, 0.15) is 45.6 Å². The number of aliphatic hydroxyl groups is 1. The van der Waals surface area contributed by atoms with Crippen LogP contribution in [-0.4, -0.2) is 41.1 Å². The lowest BCUT2D eigenvalue weighted by atomic mass is 9.67. The van der Waals surface area contributed by atoms with Crippen LogP contribution in [0.15, 0.2) is 23.2 Å². The van der Waals surface area contributed by atoms with Gasteiger partial charge in [-0.25, -0.2) is 9.38 Å². The van der Waals surface area contributed by atoms with Gasteiger partial charge in [-0.05, 0) is 70.1 Å². The van der Waals surface area contributed by atoms with Crippen molar-refractivity contribution in [1.82, 2.24) is 4.90 Å². The Morgan fingerprint density at radius 1 is 1.25 bits per heavy atom. The maximum absolute atomic E-state index is 14.9. The van der Waals surface area contributed by atoms with Gasteiger partial charge < -0.3 is 16.2 Å². The van der Waals surface area contributed by atoms with E-state index in [4.69, 9.17) is 5.73 Å². The minimum absolute atomic E-state index is 0.0895. The van der Waals surface area contributed by atoms with Crippen LogP contribution >= 0.6 is 0 Å². The van der Waals surface area contributed by atoms with Gasteiger partial charge in [0.1, 0.15) is 11.4 Å². The van der Waals surface area contributed by atoms with E-state index in [9.17, 15) is 14.3 Å². The molecule has 1 amide bonds. The maximum atomic E-state index is 14.9. The molecule has 1 aliphatic heterocycles. The van der Waals surface area contributed by atoms with Crippen molar-refractivity contribution in [3.63, 3.8) is 0 Å². The van der Waals surface area contributed by atoms with Crippen molar-refractivity contribution in [1.29, 1.82) is 0 Å². The van der Waals surface area contributed by atoms with E-state index >= 15 is 0 Å². The number of benzene rings is 1. The summed E-state index contributed by atoms with van der Waals surface area (Å²) in [6, 6.07) is 5.19. The summed E-state index contributed by atoms with van der Waals surface area (Å²) in [4.78, 5) is 18.7. The topological polar surface area (TPSA) is 91.0 Å². The standard InChI is InChI=1S/C21H29FN4O2/c1-20(2)18(28)26(4)19(23)25-21(20,3)14-10-13(5-6-15(14)22)24-16-8-12-7-11(16)9-17(12)27/h5-6,10-12,16-17,24,27H,7-9H2,1-4H3,(H2,23,25)/t11?,12?,16?,17-,21?/m0/s1. The minimum Gasteiger partial charge on any atom is -0.393 e. The van der Waals surface area contributed by atoms with E-state index in [0.29, 0.717) is 17.4 Å². The van der Waals surface area contributed by atoms with E-state index in [0.717, 1.165) is 24.9 Å². The summed E-state index contributed by atoms with van der Waals surface area (Å²) < 4.78 is 14.9. The monoisotopic (exact) mass is 388 g/mol. The summed E-state index contributed by atoms with van der Waals surface area (Å²) in [7, 11) is 1.58. The van der Waals surface area contributed by atoms with Crippen molar-refractivity contribution in [3.8, 4) is 0 Å². The molecule has 4 unspecified atom stereocenters. The van der Waals surface area contributed by atoms with Crippen LogP contribution in [0.4, 0.5) is 10.1 Å². The molecule has 0 spiro atoms. The van der Waals surface area contributed by atoms with Gasteiger partial charge in [0, 0.05) is 24.3 Å². The molecule has 2 saturated carbocycles. The summed E-state index contributed by atoms with van der Waals surface area (Å²) in [5.74, 6) is 0.293. The van der Waals surface area contributed by atoms with Gasteiger partial charge in [-0.15, -0.1) is 0 Å². The first-order chi connectivity index (χ1) is 13.0. The SMILES string of the molecule is CN1C(=O)C(C)(C)C(C)(c2cc(NC3CC4CC3C[C@@H]4O)ccc2F)N=C1N. The zero-order valence-electron chi connectivity index (χ0n) is 16.9. The van der Waals surface area contributed by atoms with Gasteiger partial charge in [-0.2, -0.15) is 0 Å². The molecular formula is C21H29FN4O2. The number of anilines is 1. The largest absolute Gasteiger partial charge is 0.393 e. The highest BCUT2D eigenvalue weighted by atomic mass is 19.1. The molecule has 4 rings (SSSR count). The van der Waals surface area contributed by atoms with Gasteiger partial charge in [-0.1, -0.05) is 0 Å². The lowest BCUT2D eigenvalue weighted by Gasteiger charge is -2.46. The van der Waals surface area contributed by atoms with E-state index in [-0.39, 0.29) is 24.0 Å². The molecule has 0 radical (unpaired) electrons. The van der Waals surface area contributed by atoms with E-state index in [1.165, 1.54) is 11.0 Å². The molecule has 1 aromatic rings. The molecule has 2 bridgehead atoms. The molecule has 0 aromatic heterocycles. The highest BCUT2D eigenvalue weighted by molar-refractivity contribution is 6.01. The fourth-order valence-electron chi connectivity index (χ4n) is 5.20. The molecule has 1 heterocycles. The van der Waals surface area contributed by atoms with Crippen LogP contribution < -0.4 is 11.1 Å². The Morgan fingerprint density at radius 3 is 2.57 bits per heavy atom. The Hall–Kier alpha value is -2.15. The smallest absolute Gasteiger partial charge is 0.237 e. The zero-order valence-corrected chi connectivity index (χ0v) is 16.9. The molecule has 2 fully saturated rings. The summed E-state index contributed by atoms with van der Waals surface area (Å²) in [6.45, 7) is 5.32. The van der Waals surface area contributed by atoms with Gasteiger partial charge >= 0.3 is 0 Å². The first-order valence-electron chi connectivity index (χ1n) is 9.92. The maximum Gasteiger partial charge on any atom is 0.237 e. The Balaban J connectivity index is 1.68. The summed E-state index contributed by atoms with van der Waals surface area (Å²) in [6.07, 6.45) is 2.60. The number of fused-ring (bicyclic) bond motifs is 2. The first-order valence-corrected chi connectivity index (χ1v) is 9.92. The number of nitrogens with zero attached hydrogens (tertiary/aromatic N) is 2.